The summed E-state index contributed by atoms with van der Waals surface area (Å²) in [4.78, 5) is 2.25. The quantitative estimate of drug-likeness (QED) is 0.744. The molecule has 19 heavy (non-hydrogen) atoms. The van der Waals surface area contributed by atoms with Crippen LogP contribution in [0.3, 0.4) is 0 Å². The number of benzene rings is 1. The Morgan fingerprint density at radius 2 is 1.95 bits per heavy atom. The minimum atomic E-state index is -0.184. The molecule has 0 aliphatic rings. The topological polar surface area (TPSA) is 24.5 Å². The highest BCUT2D eigenvalue weighted by Gasteiger charge is 2.11. The second kappa shape index (κ2) is 9.02. The number of rotatable bonds is 9. The third-order valence-electron chi connectivity index (χ3n) is 3.20. The second-order valence-electron chi connectivity index (χ2n) is 4.75. The first-order chi connectivity index (χ1) is 9.17. The van der Waals surface area contributed by atoms with Gasteiger partial charge in [-0.15, -0.1) is 0 Å². The van der Waals surface area contributed by atoms with Crippen LogP contribution in [-0.2, 0) is 4.74 Å². The van der Waals surface area contributed by atoms with Crippen molar-refractivity contribution >= 4 is 0 Å². The number of likely N-dealkylation sites (N-methyl/N-ethyl adjacent to an activating group) is 1. The average Bonchev–Trinajstić information content (AvgIpc) is 2.42. The highest BCUT2D eigenvalue weighted by Crippen LogP contribution is 2.17. The SMILES string of the molecule is CCNC(CCN(C)CCOC)c1ccc(F)cc1. The molecule has 0 amide bonds. The maximum atomic E-state index is 12.9. The minimum absolute atomic E-state index is 0.184. The molecule has 0 radical (unpaired) electrons. The van der Waals surface area contributed by atoms with Crippen LogP contribution in [0.1, 0.15) is 24.9 Å². The first kappa shape index (κ1) is 16.1. The lowest BCUT2D eigenvalue weighted by atomic mass is 10.0. The fourth-order valence-electron chi connectivity index (χ4n) is 2.04. The Labute approximate surface area is 115 Å². The Hall–Kier alpha value is -0.970. The van der Waals surface area contributed by atoms with E-state index in [0.717, 1.165) is 38.2 Å². The van der Waals surface area contributed by atoms with E-state index in [9.17, 15) is 4.39 Å². The maximum Gasteiger partial charge on any atom is 0.123 e. The van der Waals surface area contributed by atoms with Crippen LogP contribution in [-0.4, -0.2) is 45.3 Å². The molecule has 1 aromatic rings. The molecule has 0 saturated heterocycles. The van der Waals surface area contributed by atoms with Crippen molar-refractivity contribution in [2.75, 3.05) is 40.4 Å². The number of methoxy groups -OCH3 is 1. The van der Waals surface area contributed by atoms with Crippen molar-refractivity contribution in [2.45, 2.75) is 19.4 Å². The first-order valence-electron chi connectivity index (χ1n) is 6.83. The van der Waals surface area contributed by atoms with Gasteiger partial charge in [-0.2, -0.15) is 0 Å². The Morgan fingerprint density at radius 3 is 2.53 bits per heavy atom. The van der Waals surface area contributed by atoms with Gasteiger partial charge in [0.1, 0.15) is 5.82 Å². The summed E-state index contributed by atoms with van der Waals surface area (Å²) >= 11 is 0. The Morgan fingerprint density at radius 1 is 1.26 bits per heavy atom. The third-order valence-corrected chi connectivity index (χ3v) is 3.20. The van der Waals surface area contributed by atoms with Gasteiger partial charge in [0.25, 0.3) is 0 Å². The smallest absolute Gasteiger partial charge is 0.123 e. The van der Waals surface area contributed by atoms with Crippen LogP contribution in [0.4, 0.5) is 4.39 Å². The summed E-state index contributed by atoms with van der Waals surface area (Å²) in [6, 6.07) is 7.04. The third kappa shape index (κ3) is 6.14. The van der Waals surface area contributed by atoms with Crippen molar-refractivity contribution in [3.63, 3.8) is 0 Å². The van der Waals surface area contributed by atoms with Gasteiger partial charge in [-0.1, -0.05) is 19.1 Å². The zero-order valence-electron chi connectivity index (χ0n) is 12.2. The van der Waals surface area contributed by atoms with Crippen LogP contribution in [0.2, 0.25) is 0 Å². The fraction of sp³-hybridized carbons (Fsp3) is 0.600. The van der Waals surface area contributed by atoms with Crippen molar-refractivity contribution in [1.29, 1.82) is 0 Å². The molecular formula is C15H25FN2O. The molecular weight excluding hydrogens is 243 g/mol. The highest BCUT2D eigenvalue weighted by molar-refractivity contribution is 5.19. The largest absolute Gasteiger partial charge is 0.383 e. The fourth-order valence-corrected chi connectivity index (χ4v) is 2.04. The van der Waals surface area contributed by atoms with Crippen LogP contribution in [0.5, 0.6) is 0 Å². The lowest BCUT2D eigenvalue weighted by Crippen LogP contribution is -2.29. The highest BCUT2D eigenvalue weighted by atomic mass is 19.1. The van der Waals surface area contributed by atoms with Crippen molar-refractivity contribution in [3.05, 3.63) is 35.6 Å². The summed E-state index contributed by atoms with van der Waals surface area (Å²) < 4.78 is 18.0. The molecule has 1 aromatic carbocycles. The van der Waals surface area contributed by atoms with E-state index in [1.165, 1.54) is 12.1 Å². The van der Waals surface area contributed by atoms with Gasteiger partial charge in [-0.05, 0) is 44.3 Å². The molecule has 1 atom stereocenters. The monoisotopic (exact) mass is 268 g/mol. The Kier molecular flexibility index (Phi) is 7.63. The van der Waals surface area contributed by atoms with Crippen molar-refractivity contribution < 1.29 is 9.13 Å². The van der Waals surface area contributed by atoms with E-state index in [4.69, 9.17) is 4.74 Å². The number of ether oxygens (including phenoxy) is 1. The predicted octanol–water partition coefficient (Wildman–Crippen LogP) is 2.44. The molecule has 1 N–H and O–H groups in total. The van der Waals surface area contributed by atoms with Crippen molar-refractivity contribution in [1.82, 2.24) is 10.2 Å². The molecule has 0 bridgehead atoms. The Balaban J connectivity index is 2.50. The van der Waals surface area contributed by atoms with Crippen molar-refractivity contribution in [2.24, 2.45) is 0 Å². The lowest BCUT2D eigenvalue weighted by Gasteiger charge is -2.22. The molecule has 0 aliphatic carbocycles. The van der Waals surface area contributed by atoms with E-state index in [1.54, 1.807) is 7.11 Å². The molecule has 3 nitrogen and oxygen atoms in total. The number of nitrogens with zero attached hydrogens (tertiary/aromatic N) is 1. The van der Waals surface area contributed by atoms with Crippen LogP contribution in [0, 0.1) is 5.82 Å². The number of hydrogen-bond donors (Lipinski definition) is 1. The van der Waals surface area contributed by atoms with Gasteiger partial charge in [0, 0.05) is 19.7 Å². The molecule has 0 aromatic heterocycles. The summed E-state index contributed by atoms with van der Waals surface area (Å²) in [6.07, 6.45) is 1.000. The van der Waals surface area contributed by atoms with Crippen LogP contribution in [0.15, 0.2) is 24.3 Å². The van der Waals surface area contributed by atoms with Crippen LogP contribution < -0.4 is 5.32 Å². The molecule has 0 fully saturated rings. The molecule has 0 heterocycles. The van der Waals surface area contributed by atoms with Gasteiger partial charge in [0.15, 0.2) is 0 Å². The zero-order valence-corrected chi connectivity index (χ0v) is 12.2. The predicted molar refractivity (Wildman–Crippen MR) is 76.8 cm³/mol. The summed E-state index contributed by atoms with van der Waals surface area (Å²) in [5.74, 6) is -0.184. The Bertz CT molecular complexity index is 343. The summed E-state index contributed by atoms with van der Waals surface area (Å²) in [5, 5.41) is 3.45. The molecule has 1 rings (SSSR count). The van der Waals surface area contributed by atoms with E-state index in [-0.39, 0.29) is 11.9 Å². The molecule has 0 spiro atoms. The van der Waals surface area contributed by atoms with Gasteiger partial charge < -0.3 is 15.0 Å². The van der Waals surface area contributed by atoms with E-state index < -0.39 is 0 Å². The van der Waals surface area contributed by atoms with Crippen molar-refractivity contribution in [3.8, 4) is 0 Å². The van der Waals surface area contributed by atoms with Gasteiger partial charge in [-0.25, -0.2) is 4.39 Å². The standard InChI is InChI=1S/C15H25FN2O/c1-4-17-15(9-10-18(2)11-12-19-3)13-5-7-14(16)8-6-13/h5-8,15,17H,4,9-12H2,1-3H3. The van der Waals surface area contributed by atoms with Gasteiger partial charge >= 0.3 is 0 Å². The second-order valence-corrected chi connectivity index (χ2v) is 4.75. The molecule has 1 unspecified atom stereocenters. The minimum Gasteiger partial charge on any atom is -0.383 e. The van der Waals surface area contributed by atoms with Gasteiger partial charge in [0.2, 0.25) is 0 Å². The molecule has 0 saturated carbocycles. The van der Waals surface area contributed by atoms with E-state index in [1.807, 2.05) is 12.1 Å². The van der Waals surface area contributed by atoms with Crippen LogP contribution in [0.25, 0.3) is 0 Å². The maximum absolute atomic E-state index is 12.9. The van der Waals surface area contributed by atoms with E-state index in [0.29, 0.717) is 0 Å². The number of halogens is 1. The van der Waals surface area contributed by atoms with Gasteiger partial charge in [-0.3, -0.25) is 0 Å². The number of hydrogen-bond acceptors (Lipinski definition) is 3. The summed E-state index contributed by atoms with van der Waals surface area (Å²) in [6.45, 7) is 5.66. The first-order valence-corrected chi connectivity index (χ1v) is 6.83. The average molecular weight is 268 g/mol. The van der Waals surface area contributed by atoms with Crippen LogP contribution >= 0.6 is 0 Å². The van der Waals surface area contributed by atoms with E-state index >= 15 is 0 Å². The number of nitrogens with one attached hydrogen (secondary N) is 1. The summed E-state index contributed by atoms with van der Waals surface area (Å²) in [7, 11) is 3.81. The zero-order chi connectivity index (χ0) is 14.1. The summed E-state index contributed by atoms with van der Waals surface area (Å²) in [5.41, 5.74) is 1.14. The van der Waals surface area contributed by atoms with Gasteiger partial charge in [0.05, 0.1) is 6.61 Å². The lowest BCUT2D eigenvalue weighted by molar-refractivity contribution is 0.159. The molecule has 108 valence electrons. The van der Waals surface area contributed by atoms with E-state index in [2.05, 4.69) is 24.2 Å². The molecule has 0 aliphatic heterocycles. The normalized spacial score (nSPS) is 12.9. The molecule has 4 heteroatoms.